The highest BCUT2D eigenvalue weighted by atomic mass is 32.1. The SMILES string of the molecule is CC(=N/C(C)=C\C=O)N(C)c1cnc(-c2ccc(N3CCOCC3)cc2)s1. The zero-order chi connectivity index (χ0) is 19.2. The van der Waals surface area contributed by atoms with Gasteiger partial charge < -0.3 is 14.5 Å². The molecule has 0 aliphatic carbocycles. The van der Waals surface area contributed by atoms with E-state index in [0.29, 0.717) is 5.70 Å². The highest BCUT2D eigenvalue weighted by molar-refractivity contribution is 7.19. The lowest BCUT2D eigenvalue weighted by Gasteiger charge is -2.28. The Labute approximate surface area is 163 Å². The molecule has 7 heteroatoms. The molecule has 142 valence electrons. The second-order valence-corrected chi connectivity index (χ2v) is 7.32. The summed E-state index contributed by atoms with van der Waals surface area (Å²) in [7, 11) is 1.95. The Kier molecular flexibility index (Phi) is 6.36. The van der Waals surface area contributed by atoms with Crippen LogP contribution in [0.2, 0.25) is 0 Å². The Bertz CT molecular complexity index is 836. The van der Waals surface area contributed by atoms with E-state index in [4.69, 9.17) is 4.74 Å². The van der Waals surface area contributed by atoms with Crippen molar-refractivity contribution < 1.29 is 9.53 Å². The van der Waals surface area contributed by atoms with Crippen molar-refractivity contribution in [3.63, 3.8) is 0 Å². The van der Waals surface area contributed by atoms with Gasteiger partial charge in [-0.1, -0.05) is 11.3 Å². The van der Waals surface area contributed by atoms with Crippen molar-refractivity contribution in [2.75, 3.05) is 43.2 Å². The van der Waals surface area contributed by atoms with Gasteiger partial charge in [0.15, 0.2) is 0 Å². The van der Waals surface area contributed by atoms with Gasteiger partial charge in [0.1, 0.15) is 22.1 Å². The topological polar surface area (TPSA) is 58.0 Å². The molecule has 27 heavy (non-hydrogen) atoms. The van der Waals surface area contributed by atoms with Crippen LogP contribution in [0.3, 0.4) is 0 Å². The highest BCUT2D eigenvalue weighted by Crippen LogP contribution is 2.32. The maximum Gasteiger partial charge on any atom is 0.144 e. The molecule has 1 saturated heterocycles. The predicted octanol–water partition coefficient (Wildman–Crippen LogP) is 3.60. The third kappa shape index (κ3) is 4.81. The number of ether oxygens (including phenoxy) is 1. The number of rotatable bonds is 5. The van der Waals surface area contributed by atoms with E-state index in [-0.39, 0.29) is 0 Å². The smallest absolute Gasteiger partial charge is 0.144 e. The zero-order valence-electron chi connectivity index (χ0n) is 15.9. The van der Waals surface area contributed by atoms with Gasteiger partial charge in [-0.3, -0.25) is 4.79 Å². The van der Waals surface area contributed by atoms with E-state index >= 15 is 0 Å². The summed E-state index contributed by atoms with van der Waals surface area (Å²) >= 11 is 1.62. The van der Waals surface area contributed by atoms with E-state index in [1.165, 1.54) is 11.8 Å². The largest absolute Gasteiger partial charge is 0.378 e. The summed E-state index contributed by atoms with van der Waals surface area (Å²) < 4.78 is 5.41. The van der Waals surface area contributed by atoms with Crippen LogP contribution in [0.5, 0.6) is 0 Å². The molecule has 0 saturated carbocycles. The Balaban J connectivity index is 1.73. The molecule has 0 radical (unpaired) electrons. The number of amidine groups is 1. The molecular weight excluding hydrogens is 360 g/mol. The molecule has 2 aromatic rings. The molecule has 3 rings (SSSR count). The molecule has 0 spiro atoms. The van der Waals surface area contributed by atoms with Crippen molar-refractivity contribution in [3.8, 4) is 10.6 Å². The number of allylic oxidation sites excluding steroid dienone is 2. The van der Waals surface area contributed by atoms with Gasteiger partial charge in [-0.05, 0) is 44.2 Å². The number of hydrogen-bond donors (Lipinski definition) is 0. The number of nitrogens with zero attached hydrogens (tertiary/aromatic N) is 4. The first-order valence-corrected chi connectivity index (χ1v) is 9.70. The van der Waals surface area contributed by atoms with Gasteiger partial charge in [0, 0.05) is 37.1 Å². The van der Waals surface area contributed by atoms with Gasteiger partial charge >= 0.3 is 0 Å². The number of thiazole rings is 1. The zero-order valence-corrected chi connectivity index (χ0v) is 16.7. The lowest BCUT2D eigenvalue weighted by Crippen LogP contribution is -2.36. The third-order valence-electron chi connectivity index (χ3n) is 4.45. The molecule has 1 aliphatic rings. The Morgan fingerprint density at radius 3 is 2.63 bits per heavy atom. The molecule has 1 aliphatic heterocycles. The molecule has 0 N–H and O–H groups in total. The van der Waals surface area contributed by atoms with Crippen LogP contribution in [0.25, 0.3) is 10.6 Å². The quantitative estimate of drug-likeness (QED) is 0.341. The molecule has 0 atom stereocenters. The fraction of sp³-hybridized carbons (Fsp3) is 0.350. The van der Waals surface area contributed by atoms with Crippen molar-refractivity contribution in [2.45, 2.75) is 13.8 Å². The first-order valence-electron chi connectivity index (χ1n) is 8.88. The van der Waals surface area contributed by atoms with Gasteiger partial charge in [0.25, 0.3) is 0 Å². The van der Waals surface area contributed by atoms with Crippen molar-refractivity contribution >= 4 is 34.1 Å². The Hall–Kier alpha value is -2.51. The van der Waals surface area contributed by atoms with E-state index < -0.39 is 0 Å². The number of aldehydes is 1. The average Bonchev–Trinajstić information content (AvgIpc) is 3.18. The number of aliphatic imine (C=N–C) groups is 1. The van der Waals surface area contributed by atoms with Crippen LogP contribution in [0, 0.1) is 0 Å². The first-order chi connectivity index (χ1) is 13.1. The first kappa shape index (κ1) is 19.3. The standard InChI is InChI=1S/C20H24N4O2S/c1-15(8-11-25)22-16(2)23(3)19-14-21-20(27-19)17-4-6-18(7-5-17)24-9-12-26-13-10-24/h4-8,11,14H,9-10,12-13H2,1-3H3/b15-8-,22-16?. The molecule has 0 unspecified atom stereocenters. The minimum atomic E-state index is 0.679. The number of anilines is 2. The van der Waals surface area contributed by atoms with E-state index in [1.807, 2.05) is 25.1 Å². The lowest BCUT2D eigenvalue weighted by atomic mass is 10.2. The molecule has 1 fully saturated rings. The maximum absolute atomic E-state index is 10.5. The predicted molar refractivity (Wildman–Crippen MR) is 112 cm³/mol. The second kappa shape index (κ2) is 8.92. The summed E-state index contributed by atoms with van der Waals surface area (Å²) in [5, 5.41) is 1.97. The van der Waals surface area contributed by atoms with Gasteiger partial charge in [0.2, 0.25) is 0 Å². The van der Waals surface area contributed by atoms with Crippen LogP contribution >= 0.6 is 11.3 Å². The second-order valence-electron chi connectivity index (χ2n) is 6.31. The fourth-order valence-corrected chi connectivity index (χ4v) is 3.75. The normalized spacial score (nSPS) is 15.7. The van der Waals surface area contributed by atoms with Crippen LogP contribution in [0.15, 0.2) is 47.2 Å². The minimum Gasteiger partial charge on any atom is -0.378 e. The fourth-order valence-electron chi connectivity index (χ4n) is 2.82. The molecular formula is C20H24N4O2S. The maximum atomic E-state index is 10.5. The van der Waals surface area contributed by atoms with Crippen molar-refractivity contribution in [3.05, 3.63) is 42.2 Å². The van der Waals surface area contributed by atoms with Crippen LogP contribution < -0.4 is 9.80 Å². The number of hydrogen-bond acceptors (Lipinski definition) is 6. The van der Waals surface area contributed by atoms with Gasteiger partial charge in [-0.15, -0.1) is 0 Å². The van der Waals surface area contributed by atoms with Crippen LogP contribution in [0.4, 0.5) is 10.7 Å². The number of aromatic nitrogens is 1. The Morgan fingerprint density at radius 1 is 1.26 bits per heavy atom. The molecule has 1 aromatic heterocycles. The molecule has 1 aromatic carbocycles. The molecule has 2 heterocycles. The molecule has 6 nitrogen and oxygen atoms in total. The van der Waals surface area contributed by atoms with E-state index in [2.05, 4.69) is 39.1 Å². The van der Waals surface area contributed by atoms with Gasteiger partial charge in [-0.25, -0.2) is 9.98 Å². The summed E-state index contributed by atoms with van der Waals surface area (Å²) in [6.45, 7) is 7.15. The van der Waals surface area contributed by atoms with Crippen molar-refractivity contribution in [1.82, 2.24) is 4.98 Å². The summed E-state index contributed by atoms with van der Waals surface area (Å²) in [6.07, 6.45) is 4.05. The van der Waals surface area contributed by atoms with Crippen molar-refractivity contribution in [2.24, 2.45) is 4.99 Å². The minimum absolute atomic E-state index is 0.679. The average molecular weight is 385 g/mol. The number of morpholine rings is 1. The summed E-state index contributed by atoms with van der Waals surface area (Å²) in [6, 6.07) is 8.52. The number of carbonyl (C=O) groups is 1. The van der Waals surface area contributed by atoms with Crippen LogP contribution in [-0.2, 0) is 9.53 Å². The number of benzene rings is 1. The lowest BCUT2D eigenvalue weighted by molar-refractivity contribution is -0.104. The summed E-state index contributed by atoms with van der Waals surface area (Å²) in [4.78, 5) is 23.8. The van der Waals surface area contributed by atoms with E-state index in [1.54, 1.807) is 18.3 Å². The Morgan fingerprint density at radius 2 is 1.96 bits per heavy atom. The number of carbonyl (C=O) groups excluding carboxylic acids is 1. The highest BCUT2D eigenvalue weighted by Gasteiger charge is 2.13. The third-order valence-corrected chi connectivity index (χ3v) is 5.57. The molecule has 0 amide bonds. The van der Waals surface area contributed by atoms with E-state index in [0.717, 1.165) is 54.0 Å². The summed E-state index contributed by atoms with van der Waals surface area (Å²) in [5.41, 5.74) is 3.00. The summed E-state index contributed by atoms with van der Waals surface area (Å²) in [5.74, 6) is 0.809. The van der Waals surface area contributed by atoms with Crippen LogP contribution in [0.1, 0.15) is 13.8 Å². The van der Waals surface area contributed by atoms with Crippen molar-refractivity contribution in [1.29, 1.82) is 0 Å². The van der Waals surface area contributed by atoms with Gasteiger partial charge in [0.05, 0.1) is 19.4 Å². The van der Waals surface area contributed by atoms with E-state index in [9.17, 15) is 4.79 Å². The van der Waals surface area contributed by atoms with Gasteiger partial charge in [-0.2, -0.15) is 0 Å². The molecule has 0 bridgehead atoms. The van der Waals surface area contributed by atoms with Crippen LogP contribution in [-0.4, -0.2) is 50.5 Å². The monoisotopic (exact) mass is 384 g/mol.